The van der Waals surface area contributed by atoms with Gasteiger partial charge in [0, 0.05) is 17.5 Å². The summed E-state index contributed by atoms with van der Waals surface area (Å²) < 4.78 is 21.9. The number of ether oxygens (including phenoxy) is 4. The molecule has 2 rings (SSSR count). The number of aliphatic carboxylic acids is 1. The molecule has 0 aromatic heterocycles. The maximum atomic E-state index is 12.0. The number of allylic oxidation sites excluding steroid dienone is 3. The monoisotopic (exact) mass is 578 g/mol. The van der Waals surface area contributed by atoms with Crippen molar-refractivity contribution in [2.45, 2.75) is 63.4 Å². The fourth-order valence-corrected chi connectivity index (χ4v) is 4.12. The second kappa shape index (κ2) is 15.8. The zero-order valence-electron chi connectivity index (χ0n) is 20.2. The lowest BCUT2D eigenvalue weighted by Gasteiger charge is -2.26. The number of cyclic esters (lactones) is 1. The molecule has 0 aromatic carbocycles. The number of hydrogen-bond donors (Lipinski definition) is 1. The molecule has 2 aliphatic heterocycles. The van der Waals surface area contributed by atoms with Gasteiger partial charge in [0.15, 0.2) is 0 Å². The average Bonchev–Trinajstić information content (AvgIpc) is 3.25. The molecule has 1 fully saturated rings. The van der Waals surface area contributed by atoms with Gasteiger partial charge in [-0.05, 0) is 43.9 Å². The molecule has 2 heterocycles. The van der Waals surface area contributed by atoms with Gasteiger partial charge in [-0.25, -0.2) is 4.79 Å². The van der Waals surface area contributed by atoms with Crippen molar-refractivity contribution < 1.29 is 43.2 Å². The van der Waals surface area contributed by atoms with Crippen molar-refractivity contribution >= 4 is 58.7 Å². The van der Waals surface area contributed by atoms with Crippen LogP contribution in [0.4, 0.5) is 0 Å². The van der Waals surface area contributed by atoms with Crippen molar-refractivity contribution in [3.8, 4) is 0 Å². The Kier molecular flexibility index (Phi) is 13.2. The molecular formula is C25H29Cl3O9. The number of hydrogen-bond acceptors (Lipinski definition) is 8. The minimum atomic E-state index is -1.05. The summed E-state index contributed by atoms with van der Waals surface area (Å²) in [7, 11) is 0. The third-order valence-corrected chi connectivity index (χ3v) is 6.20. The number of esters is 3. The number of halogens is 3. The van der Waals surface area contributed by atoms with Crippen LogP contribution in [-0.2, 0) is 38.1 Å². The van der Waals surface area contributed by atoms with E-state index in [2.05, 4.69) is 0 Å². The molecule has 0 amide bonds. The van der Waals surface area contributed by atoms with Crippen molar-refractivity contribution in [2.24, 2.45) is 0 Å². The summed E-state index contributed by atoms with van der Waals surface area (Å²) >= 11 is 17.6. The number of carboxylic acids is 1. The molecule has 204 valence electrons. The van der Waals surface area contributed by atoms with Gasteiger partial charge in [-0.2, -0.15) is 0 Å². The molecule has 0 saturated carbocycles. The van der Waals surface area contributed by atoms with E-state index in [0.717, 1.165) is 5.57 Å². The van der Waals surface area contributed by atoms with Crippen LogP contribution >= 0.6 is 34.8 Å². The van der Waals surface area contributed by atoms with Crippen LogP contribution in [0.2, 0.25) is 0 Å². The molecule has 12 heteroatoms. The maximum Gasteiger partial charge on any atom is 0.331 e. The molecule has 0 bridgehead atoms. The Morgan fingerprint density at radius 3 is 2.57 bits per heavy atom. The highest BCUT2D eigenvalue weighted by molar-refractivity contribution is 6.29. The van der Waals surface area contributed by atoms with E-state index in [9.17, 15) is 19.2 Å². The first-order valence-electron chi connectivity index (χ1n) is 11.5. The molecule has 4 atom stereocenters. The smallest absolute Gasteiger partial charge is 0.331 e. The van der Waals surface area contributed by atoms with E-state index >= 15 is 0 Å². The first-order valence-corrected chi connectivity index (χ1v) is 13.0. The Balaban J connectivity index is 2.08. The van der Waals surface area contributed by atoms with Crippen LogP contribution in [-0.4, -0.2) is 71.8 Å². The second-order valence-electron chi connectivity index (χ2n) is 8.44. The molecule has 9 nitrogen and oxygen atoms in total. The summed E-state index contributed by atoms with van der Waals surface area (Å²) in [6.45, 7) is 1.80. The van der Waals surface area contributed by atoms with Gasteiger partial charge in [-0.1, -0.05) is 29.3 Å². The fraction of sp³-hybridized carbons (Fsp3) is 0.520. The third kappa shape index (κ3) is 11.3. The van der Waals surface area contributed by atoms with Crippen LogP contribution in [0.1, 0.15) is 39.0 Å². The minimum absolute atomic E-state index is 0.219. The van der Waals surface area contributed by atoms with Crippen LogP contribution < -0.4 is 0 Å². The largest absolute Gasteiger partial charge is 0.481 e. The standard InChI is InChI=1S/C25H29Cl3O9/c1-15(10-21(29)30)9-19(36-23(32)12-26)25-20(37-24(33)13-27)11-18(35-25)7-6-17(28)4-2-3-16-5-8-22(31)34-14-16/h3-5,8-9,18-20,25H,2,6-7,10-14H2,1H3,(H,29,30)/b15-9+,16-3+,17-4-/t18-,19-,20-,25-/m1/s1. The Morgan fingerprint density at radius 1 is 1.22 bits per heavy atom. The summed E-state index contributed by atoms with van der Waals surface area (Å²) in [5, 5.41) is 9.67. The van der Waals surface area contributed by atoms with Crippen LogP contribution in [0.15, 0.2) is 46.6 Å². The zero-order chi connectivity index (χ0) is 27.4. The van der Waals surface area contributed by atoms with E-state index in [4.69, 9.17) is 58.9 Å². The third-order valence-electron chi connectivity index (χ3n) is 5.42. The molecule has 1 saturated heterocycles. The molecule has 2 aliphatic rings. The lowest BCUT2D eigenvalue weighted by Crippen LogP contribution is -2.40. The Bertz CT molecular complexity index is 970. The SMILES string of the molecule is C/C(=C\[C@@H](OC(=O)CCl)[C@H]1O[C@H](CC/C(Cl)=C/C/C=C2\C=CC(=O)OC2)C[C@H]1OC(=O)CCl)CC(=O)O. The topological polar surface area (TPSA) is 125 Å². The quantitative estimate of drug-likeness (QED) is 0.148. The number of alkyl halides is 2. The summed E-state index contributed by atoms with van der Waals surface area (Å²) in [6.07, 6.45) is 6.71. The Morgan fingerprint density at radius 2 is 1.95 bits per heavy atom. The highest BCUT2D eigenvalue weighted by Crippen LogP contribution is 2.32. The predicted octanol–water partition coefficient (Wildman–Crippen LogP) is 4.20. The van der Waals surface area contributed by atoms with E-state index in [1.807, 2.05) is 12.2 Å². The highest BCUT2D eigenvalue weighted by atomic mass is 35.5. The molecule has 0 radical (unpaired) electrons. The summed E-state index contributed by atoms with van der Waals surface area (Å²) in [6, 6.07) is 0. The van der Waals surface area contributed by atoms with Crippen molar-refractivity contribution in [2.75, 3.05) is 18.4 Å². The van der Waals surface area contributed by atoms with Crippen LogP contribution in [0.25, 0.3) is 0 Å². The van der Waals surface area contributed by atoms with Gasteiger partial charge in [0.05, 0.1) is 12.5 Å². The van der Waals surface area contributed by atoms with E-state index < -0.39 is 42.1 Å². The van der Waals surface area contributed by atoms with E-state index in [0.29, 0.717) is 36.3 Å². The van der Waals surface area contributed by atoms with Crippen molar-refractivity contribution in [3.63, 3.8) is 0 Å². The number of carbonyl (C=O) groups is 4. The molecule has 0 unspecified atom stereocenters. The summed E-state index contributed by atoms with van der Waals surface area (Å²) in [5.74, 6) is -3.61. The first-order chi connectivity index (χ1) is 17.6. The zero-order valence-corrected chi connectivity index (χ0v) is 22.5. The maximum absolute atomic E-state index is 12.0. The van der Waals surface area contributed by atoms with Gasteiger partial charge in [-0.3, -0.25) is 14.4 Å². The Hall–Kier alpha value is -2.33. The number of carboxylic acid groups (broad SMARTS) is 1. The predicted molar refractivity (Wildman–Crippen MR) is 136 cm³/mol. The van der Waals surface area contributed by atoms with E-state index in [1.54, 1.807) is 13.0 Å². The minimum Gasteiger partial charge on any atom is -0.481 e. The second-order valence-corrected chi connectivity index (χ2v) is 9.46. The molecule has 0 aromatic rings. The first kappa shape index (κ1) is 30.9. The van der Waals surface area contributed by atoms with E-state index in [1.165, 1.54) is 12.2 Å². The van der Waals surface area contributed by atoms with Gasteiger partial charge < -0.3 is 24.1 Å². The summed E-state index contributed by atoms with van der Waals surface area (Å²) in [5.41, 5.74) is 1.30. The van der Waals surface area contributed by atoms with Gasteiger partial charge in [0.1, 0.15) is 36.7 Å². The van der Waals surface area contributed by atoms with Crippen LogP contribution in [0, 0.1) is 0 Å². The van der Waals surface area contributed by atoms with E-state index in [-0.39, 0.29) is 31.0 Å². The molecule has 0 spiro atoms. The van der Waals surface area contributed by atoms with Gasteiger partial charge >= 0.3 is 23.9 Å². The lowest BCUT2D eigenvalue weighted by atomic mass is 10.0. The van der Waals surface area contributed by atoms with Crippen LogP contribution in [0.3, 0.4) is 0 Å². The number of rotatable bonds is 13. The molecule has 1 N–H and O–H groups in total. The van der Waals surface area contributed by atoms with Gasteiger partial charge in [-0.15, -0.1) is 23.2 Å². The average molecular weight is 580 g/mol. The van der Waals surface area contributed by atoms with Crippen molar-refractivity contribution in [1.82, 2.24) is 0 Å². The van der Waals surface area contributed by atoms with Crippen molar-refractivity contribution in [3.05, 3.63) is 46.6 Å². The molecule has 0 aliphatic carbocycles. The van der Waals surface area contributed by atoms with Gasteiger partial charge in [0.2, 0.25) is 0 Å². The Labute approximate surface area is 230 Å². The summed E-state index contributed by atoms with van der Waals surface area (Å²) in [4.78, 5) is 46.0. The highest BCUT2D eigenvalue weighted by Gasteiger charge is 2.43. The van der Waals surface area contributed by atoms with Crippen LogP contribution in [0.5, 0.6) is 0 Å². The van der Waals surface area contributed by atoms with Gasteiger partial charge in [0.25, 0.3) is 0 Å². The van der Waals surface area contributed by atoms with Crippen molar-refractivity contribution in [1.29, 1.82) is 0 Å². The lowest BCUT2D eigenvalue weighted by molar-refractivity contribution is -0.160. The molecular weight excluding hydrogens is 551 g/mol. The molecule has 37 heavy (non-hydrogen) atoms. The normalized spacial score (nSPS) is 24.1. The fourth-order valence-electron chi connectivity index (χ4n) is 3.80. The number of carbonyl (C=O) groups excluding carboxylic acids is 3.